The summed E-state index contributed by atoms with van der Waals surface area (Å²) in [4.78, 5) is 0. The quantitative estimate of drug-likeness (QED) is 0.840. The molecule has 2 nitrogen and oxygen atoms in total. The molecule has 0 amide bonds. The van der Waals surface area contributed by atoms with E-state index in [0.717, 1.165) is 6.42 Å². The van der Waals surface area contributed by atoms with Gasteiger partial charge in [0.2, 0.25) is 0 Å². The molecule has 0 radical (unpaired) electrons. The van der Waals surface area contributed by atoms with Crippen LogP contribution in [0.4, 0.5) is 0 Å². The molecular weight excluding hydrogens is 198 g/mol. The Hall–Kier alpha value is -1.28. The van der Waals surface area contributed by atoms with E-state index < -0.39 is 0 Å². The van der Waals surface area contributed by atoms with E-state index in [0.29, 0.717) is 6.54 Å². The number of aryl methyl sites for hydroxylation is 3. The fourth-order valence-corrected chi connectivity index (χ4v) is 2.44. The molecule has 0 bridgehead atoms. The number of aliphatic hydroxyl groups is 1. The van der Waals surface area contributed by atoms with E-state index in [2.05, 4.69) is 43.7 Å². The topological polar surface area (TPSA) is 25.2 Å². The van der Waals surface area contributed by atoms with Crippen molar-refractivity contribution in [3.05, 3.63) is 35.0 Å². The van der Waals surface area contributed by atoms with Crippen molar-refractivity contribution in [2.75, 3.05) is 6.61 Å². The van der Waals surface area contributed by atoms with Crippen LogP contribution in [0, 0.1) is 13.8 Å². The molecule has 86 valence electrons. The number of aliphatic hydroxyl groups excluding tert-OH is 1. The standard InChI is InChI=1S/C14H19NO/c1-4-12-9-15(7-8-16)14-11(3)6-5-10(2)13(12)14/h5-6,9,16H,4,7-8H2,1-3H3. The van der Waals surface area contributed by atoms with Crippen LogP contribution in [0.1, 0.15) is 23.6 Å². The third kappa shape index (κ3) is 1.63. The number of nitrogens with zero attached hydrogens (tertiary/aromatic N) is 1. The van der Waals surface area contributed by atoms with Crippen LogP contribution >= 0.6 is 0 Å². The number of rotatable bonds is 3. The van der Waals surface area contributed by atoms with Crippen molar-refractivity contribution < 1.29 is 5.11 Å². The Morgan fingerprint density at radius 1 is 1.19 bits per heavy atom. The van der Waals surface area contributed by atoms with Gasteiger partial charge in [0.25, 0.3) is 0 Å². The van der Waals surface area contributed by atoms with E-state index in [-0.39, 0.29) is 6.61 Å². The summed E-state index contributed by atoms with van der Waals surface area (Å²) in [7, 11) is 0. The maximum atomic E-state index is 9.10. The predicted octanol–water partition coefficient (Wildman–Crippen LogP) is 2.81. The molecule has 1 N–H and O–H groups in total. The van der Waals surface area contributed by atoms with Crippen LogP contribution in [0.3, 0.4) is 0 Å². The Morgan fingerprint density at radius 3 is 2.50 bits per heavy atom. The zero-order valence-corrected chi connectivity index (χ0v) is 10.2. The molecular formula is C14H19NO. The molecule has 0 saturated heterocycles. The van der Waals surface area contributed by atoms with E-state index in [1.807, 2.05) is 0 Å². The highest BCUT2D eigenvalue weighted by molar-refractivity contribution is 5.89. The second-order valence-corrected chi connectivity index (χ2v) is 4.35. The monoisotopic (exact) mass is 217 g/mol. The summed E-state index contributed by atoms with van der Waals surface area (Å²) in [6.07, 6.45) is 3.22. The lowest BCUT2D eigenvalue weighted by Crippen LogP contribution is -2.01. The number of hydrogen-bond donors (Lipinski definition) is 1. The Morgan fingerprint density at radius 2 is 1.88 bits per heavy atom. The zero-order chi connectivity index (χ0) is 11.7. The number of aromatic nitrogens is 1. The first-order valence-electron chi connectivity index (χ1n) is 5.87. The van der Waals surface area contributed by atoms with Gasteiger partial charge in [-0.05, 0) is 37.0 Å². The van der Waals surface area contributed by atoms with Gasteiger partial charge in [0.1, 0.15) is 0 Å². The van der Waals surface area contributed by atoms with Crippen molar-refractivity contribution >= 4 is 10.9 Å². The van der Waals surface area contributed by atoms with Gasteiger partial charge in [0.05, 0.1) is 12.1 Å². The van der Waals surface area contributed by atoms with Crippen molar-refractivity contribution in [2.24, 2.45) is 0 Å². The van der Waals surface area contributed by atoms with Gasteiger partial charge in [-0.1, -0.05) is 19.1 Å². The predicted molar refractivity (Wildman–Crippen MR) is 67.9 cm³/mol. The lowest BCUT2D eigenvalue weighted by atomic mass is 10.0. The molecule has 0 atom stereocenters. The molecule has 0 aliphatic carbocycles. The molecule has 16 heavy (non-hydrogen) atoms. The normalized spacial score (nSPS) is 11.2. The van der Waals surface area contributed by atoms with Gasteiger partial charge in [0.15, 0.2) is 0 Å². The molecule has 2 aromatic rings. The van der Waals surface area contributed by atoms with Gasteiger partial charge in [-0.3, -0.25) is 0 Å². The van der Waals surface area contributed by atoms with Gasteiger partial charge < -0.3 is 9.67 Å². The lowest BCUT2D eigenvalue weighted by molar-refractivity contribution is 0.278. The SMILES string of the molecule is CCc1cn(CCO)c2c(C)ccc(C)c12. The summed E-state index contributed by atoms with van der Waals surface area (Å²) in [6.45, 7) is 7.35. The zero-order valence-electron chi connectivity index (χ0n) is 10.2. The highest BCUT2D eigenvalue weighted by Gasteiger charge is 2.11. The Bertz CT molecular complexity index is 511. The van der Waals surface area contributed by atoms with E-state index in [1.165, 1.54) is 27.6 Å². The second-order valence-electron chi connectivity index (χ2n) is 4.35. The van der Waals surface area contributed by atoms with E-state index in [9.17, 15) is 0 Å². The molecule has 0 aliphatic rings. The first-order chi connectivity index (χ1) is 7.69. The third-order valence-electron chi connectivity index (χ3n) is 3.23. The van der Waals surface area contributed by atoms with E-state index in [1.54, 1.807) is 0 Å². The fraction of sp³-hybridized carbons (Fsp3) is 0.429. The minimum atomic E-state index is 0.195. The average molecular weight is 217 g/mol. The molecule has 2 heteroatoms. The van der Waals surface area contributed by atoms with Crippen LogP contribution in [0.25, 0.3) is 10.9 Å². The number of hydrogen-bond acceptors (Lipinski definition) is 1. The molecule has 0 aliphatic heterocycles. The largest absolute Gasteiger partial charge is 0.395 e. The fourth-order valence-electron chi connectivity index (χ4n) is 2.44. The van der Waals surface area contributed by atoms with Crippen LogP contribution < -0.4 is 0 Å². The summed E-state index contributed by atoms with van der Waals surface area (Å²) in [5, 5.41) is 10.5. The molecule has 1 aromatic carbocycles. The lowest BCUT2D eigenvalue weighted by Gasteiger charge is -2.06. The van der Waals surface area contributed by atoms with Crippen molar-refractivity contribution in [2.45, 2.75) is 33.7 Å². The van der Waals surface area contributed by atoms with Gasteiger partial charge in [0, 0.05) is 18.1 Å². The number of benzene rings is 1. The molecule has 0 spiro atoms. The van der Waals surface area contributed by atoms with E-state index in [4.69, 9.17) is 5.11 Å². The second kappa shape index (κ2) is 4.30. The maximum Gasteiger partial charge on any atom is 0.0610 e. The maximum absolute atomic E-state index is 9.10. The van der Waals surface area contributed by atoms with Crippen molar-refractivity contribution in [1.29, 1.82) is 0 Å². The Kier molecular flexibility index (Phi) is 3.01. The minimum Gasteiger partial charge on any atom is -0.395 e. The van der Waals surface area contributed by atoms with Crippen LogP contribution in [-0.4, -0.2) is 16.3 Å². The highest BCUT2D eigenvalue weighted by atomic mass is 16.3. The van der Waals surface area contributed by atoms with Gasteiger partial charge in [-0.2, -0.15) is 0 Å². The molecule has 1 aromatic heterocycles. The van der Waals surface area contributed by atoms with Crippen LogP contribution in [0.5, 0.6) is 0 Å². The summed E-state index contributed by atoms with van der Waals surface area (Å²) in [6, 6.07) is 4.34. The number of fused-ring (bicyclic) bond motifs is 1. The summed E-state index contributed by atoms with van der Waals surface area (Å²) in [5.74, 6) is 0. The Balaban J connectivity index is 2.78. The van der Waals surface area contributed by atoms with Crippen LogP contribution in [0.15, 0.2) is 18.3 Å². The highest BCUT2D eigenvalue weighted by Crippen LogP contribution is 2.28. The van der Waals surface area contributed by atoms with Crippen LogP contribution in [-0.2, 0) is 13.0 Å². The molecule has 0 fully saturated rings. The van der Waals surface area contributed by atoms with Crippen LogP contribution in [0.2, 0.25) is 0 Å². The molecule has 0 saturated carbocycles. The first-order valence-corrected chi connectivity index (χ1v) is 5.87. The summed E-state index contributed by atoms with van der Waals surface area (Å²) >= 11 is 0. The van der Waals surface area contributed by atoms with Crippen molar-refractivity contribution in [3.63, 3.8) is 0 Å². The van der Waals surface area contributed by atoms with Crippen molar-refractivity contribution in [3.8, 4) is 0 Å². The molecule has 1 heterocycles. The average Bonchev–Trinajstić information content (AvgIpc) is 2.64. The molecule has 0 unspecified atom stereocenters. The summed E-state index contributed by atoms with van der Waals surface area (Å²) in [5.41, 5.74) is 5.28. The van der Waals surface area contributed by atoms with Gasteiger partial charge in [-0.15, -0.1) is 0 Å². The first kappa shape index (κ1) is 11.2. The third-order valence-corrected chi connectivity index (χ3v) is 3.23. The Labute approximate surface area is 96.5 Å². The van der Waals surface area contributed by atoms with E-state index >= 15 is 0 Å². The van der Waals surface area contributed by atoms with Crippen molar-refractivity contribution in [1.82, 2.24) is 4.57 Å². The minimum absolute atomic E-state index is 0.195. The smallest absolute Gasteiger partial charge is 0.0610 e. The van der Waals surface area contributed by atoms with Gasteiger partial charge in [-0.25, -0.2) is 0 Å². The van der Waals surface area contributed by atoms with Gasteiger partial charge >= 0.3 is 0 Å². The molecule has 2 rings (SSSR count). The summed E-state index contributed by atoms with van der Waals surface area (Å²) < 4.78 is 2.18.